The maximum atomic E-state index is 12.6. The van der Waals surface area contributed by atoms with Crippen LogP contribution in [0.1, 0.15) is 25.2 Å². The van der Waals surface area contributed by atoms with Crippen LogP contribution in [0.25, 0.3) is 0 Å². The quantitative estimate of drug-likeness (QED) is 0.584. The SMILES string of the molecule is CC1(c2cccc(C3(C)OCCO3)[n+]2[O-])OCCO1. The molecule has 104 valence electrons. The zero-order valence-electron chi connectivity index (χ0n) is 11.0. The highest BCUT2D eigenvalue weighted by atomic mass is 16.7. The predicted octanol–water partition coefficient (Wildman–Crippen LogP) is 0.759. The molecule has 2 saturated heterocycles. The van der Waals surface area contributed by atoms with Gasteiger partial charge < -0.3 is 24.2 Å². The minimum Gasteiger partial charge on any atom is -0.618 e. The second kappa shape index (κ2) is 4.42. The lowest BCUT2D eigenvalue weighted by atomic mass is 10.1. The highest BCUT2D eigenvalue weighted by molar-refractivity contribution is 5.12. The first-order chi connectivity index (χ1) is 9.05. The van der Waals surface area contributed by atoms with E-state index in [1.165, 1.54) is 0 Å². The summed E-state index contributed by atoms with van der Waals surface area (Å²) in [6.45, 7) is 5.39. The standard InChI is InChI=1S/C13H17NO5/c1-12(16-6-7-17-12)10-4-3-5-11(14(10)15)13(2)18-8-9-19-13/h3-5H,6-9H2,1-2H3. The van der Waals surface area contributed by atoms with Gasteiger partial charge in [0.25, 0.3) is 23.0 Å². The fourth-order valence-electron chi connectivity index (χ4n) is 2.49. The molecule has 2 aliphatic rings. The minimum atomic E-state index is -1.01. The van der Waals surface area contributed by atoms with Crippen LogP contribution >= 0.6 is 0 Å². The Kier molecular flexibility index (Phi) is 2.98. The number of ether oxygens (including phenoxy) is 4. The molecule has 0 bridgehead atoms. The smallest absolute Gasteiger partial charge is 0.254 e. The summed E-state index contributed by atoms with van der Waals surface area (Å²) in [7, 11) is 0. The summed E-state index contributed by atoms with van der Waals surface area (Å²) in [5, 5.41) is 12.6. The number of rotatable bonds is 2. The van der Waals surface area contributed by atoms with E-state index in [1.54, 1.807) is 32.0 Å². The van der Waals surface area contributed by atoms with Crippen molar-refractivity contribution in [2.24, 2.45) is 0 Å². The van der Waals surface area contributed by atoms with Crippen LogP contribution in [0.2, 0.25) is 0 Å². The summed E-state index contributed by atoms with van der Waals surface area (Å²) in [5.41, 5.74) is 0.811. The molecule has 0 atom stereocenters. The third-order valence-corrected chi connectivity index (χ3v) is 3.55. The van der Waals surface area contributed by atoms with Crippen LogP contribution in [0.3, 0.4) is 0 Å². The van der Waals surface area contributed by atoms with Crippen LogP contribution in [0.5, 0.6) is 0 Å². The van der Waals surface area contributed by atoms with Crippen molar-refractivity contribution in [1.29, 1.82) is 0 Å². The lowest BCUT2D eigenvalue weighted by molar-refractivity contribution is -0.648. The Morgan fingerprint density at radius 1 is 0.895 bits per heavy atom. The summed E-state index contributed by atoms with van der Waals surface area (Å²) >= 11 is 0. The molecule has 6 nitrogen and oxygen atoms in total. The first-order valence-electron chi connectivity index (χ1n) is 6.35. The minimum absolute atomic E-state index is 0.405. The molecule has 2 aliphatic heterocycles. The van der Waals surface area contributed by atoms with Crippen molar-refractivity contribution in [1.82, 2.24) is 0 Å². The topological polar surface area (TPSA) is 63.9 Å². The molecule has 0 spiro atoms. The van der Waals surface area contributed by atoms with Crippen LogP contribution in [-0.4, -0.2) is 26.4 Å². The average molecular weight is 267 g/mol. The molecule has 0 aromatic carbocycles. The second-order valence-corrected chi connectivity index (χ2v) is 4.88. The third kappa shape index (κ3) is 2.01. The molecule has 0 saturated carbocycles. The van der Waals surface area contributed by atoms with Crippen molar-refractivity contribution in [3.8, 4) is 0 Å². The van der Waals surface area contributed by atoms with Gasteiger partial charge in [-0.05, 0) is 6.07 Å². The predicted molar refractivity (Wildman–Crippen MR) is 63.9 cm³/mol. The van der Waals surface area contributed by atoms with Gasteiger partial charge in [0.15, 0.2) is 0 Å². The molecule has 3 rings (SSSR count). The van der Waals surface area contributed by atoms with E-state index < -0.39 is 11.6 Å². The lowest BCUT2D eigenvalue weighted by Crippen LogP contribution is -2.49. The maximum Gasteiger partial charge on any atom is 0.254 e. The molecule has 0 radical (unpaired) electrons. The second-order valence-electron chi connectivity index (χ2n) is 4.88. The van der Waals surface area contributed by atoms with Gasteiger partial charge in [-0.25, -0.2) is 0 Å². The molecular weight excluding hydrogens is 250 g/mol. The average Bonchev–Trinajstić information content (AvgIpc) is 3.00. The van der Waals surface area contributed by atoms with E-state index in [0.717, 1.165) is 4.73 Å². The normalized spacial score (nSPS) is 24.7. The van der Waals surface area contributed by atoms with E-state index in [2.05, 4.69) is 0 Å². The van der Waals surface area contributed by atoms with Crippen LogP contribution in [0.15, 0.2) is 18.2 Å². The Balaban J connectivity index is 2.04. The Morgan fingerprint density at radius 3 is 1.63 bits per heavy atom. The first kappa shape index (κ1) is 12.8. The Bertz CT molecular complexity index is 438. The summed E-state index contributed by atoms with van der Waals surface area (Å²) in [5.74, 6) is -2.01. The molecule has 0 N–H and O–H groups in total. The van der Waals surface area contributed by atoms with Crippen molar-refractivity contribution < 1.29 is 23.7 Å². The van der Waals surface area contributed by atoms with Gasteiger partial charge in [-0.1, -0.05) is 0 Å². The number of aromatic nitrogens is 1. The van der Waals surface area contributed by atoms with Gasteiger partial charge in [-0.3, -0.25) is 0 Å². The van der Waals surface area contributed by atoms with Gasteiger partial charge in [0.1, 0.15) is 0 Å². The van der Waals surface area contributed by atoms with Crippen molar-refractivity contribution in [2.75, 3.05) is 26.4 Å². The summed E-state index contributed by atoms with van der Waals surface area (Å²) in [6.07, 6.45) is 0. The van der Waals surface area contributed by atoms with E-state index >= 15 is 0 Å². The van der Waals surface area contributed by atoms with Crippen LogP contribution < -0.4 is 4.73 Å². The lowest BCUT2D eigenvalue weighted by Gasteiger charge is -2.25. The van der Waals surface area contributed by atoms with Gasteiger partial charge >= 0.3 is 0 Å². The van der Waals surface area contributed by atoms with E-state index in [4.69, 9.17) is 18.9 Å². The molecule has 2 fully saturated rings. The van der Waals surface area contributed by atoms with Crippen molar-refractivity contribution in [3.63, 3.8) is 0 Å². The molecule has 0 amide bonds. The molecule has 19 heavy (non-hydrogen) atoms. The van der Waals surface area contributed by atoms with Gasteiger partial charge in [0.2, 0.25) is 0 Å². The zero-order valence-corrected chi connectivity index (χ0v) is 11.0. The van der Waals surface area contributed by atoms with E-state index in [1.807, 2.05) is 0 Å². The first-order valence-corrected chi connectivity index (χ1v) is 6.35. The third-order valence-electron chi connectivity index (χ3n) is 3.55. The highest BCUT2D eigenvalue weighted by Gasteiger charge is 2.45. The van der Waals surface area contributed by atoms with Crippen LogP contribution in [-0.2, 0) is 30.5 Å². The van der Waals surface area contributed by atoms with Crippen molar-refractivity contribution in [2.45, 2.75) is 25.4 Å². The summed E-state index contributed by atoms with van der Waals surface area (Å²) < 4.78 is 22.9. The zero-order chi connectivity index (χ0) is 13.5. The number of nitrogens with zero attached hydrogens (tertiary/aromatic N) is 1. The highest BCUT2D eigenvalue weighted by Crippen LogP contribution is 2.32. The Labute approximate surface area is 111 Å². The maximum absolute atomic E-state index is 12.6. The van der Waals surface area contributed by atoms with Gasteiger partial charge in [-0.15, -0.1) is 0 Å². The molecule has 0 aliphatic carbocycles. The Hall–Kier alpha value is -1.21. The van der Waals surface area contributed by atoms with Crippen LogP contribution in [0.4, 0.5) is 0 Å². The van der Waals surface area contributed by atoms with Gasteiger partial charge in [0.05, 0.1) is 26.4 Å². The fraction of sp³-hybridized carbons (Fsp3) is 0.615. The Morgan fingerprint density at radius 2 is 1.26 bits per heavy atom. The summed E-state index contributed by atoms with van der Waals surface area (Å²) in [6, 6.07) is 5.17. The van der Waals surface area contributed by atoms with Gasteiger partial charge in [0, 0.05) is 26.0 Å². The monoisotopic (exact) mass is 267 g/mol. The molecule has 1 aromatic heterocycles. The van der Waals surface area contributed by atoms with Gasteiger partial charge in [-0.2, -0.15) is 4.73 Å². The van der Waals surface area contributed by atoms with Crippen LogP contribution in [0, 0.1) is 5.21 Å². The molecular formula is C13H17NO5. The van der Waals surface area contributed by atoms with Crippen molar-refractivity contribution in [3.05, 3.63) is 34.8 Å². The summed E-state index contributed by atoms with van der Waals surface area (Å²) in [4.78, 5) is 0. The molecule has 0 unspecified atom stereocenters. The number of hydrogen-bond acceptors (Lipinski definition) is 5. The number of hydrogen-bond donors (Lipinski definition) is 0. The van der Waals surface area contributed by atoms with Crippen molar-refractivity contribution >= 4 is 0 Å². The molecule has 1 aromatic rings. The van der Waals surface area contributed by atoms with E-state index in [-0.39, 0.29) is 0 Å². The van der Waals surface area contributed by atoms with E-state index in [0.29, 0.717) is 37.8 Å². The fourth-order valence-corrected chi connectivity index (χ4v) is 2.49. The molecule has 6 heteroatoms. The van der Waals surface area contributed by atoms with E-state index in [9.17, 15) is 5.21 Å². The largest absolute Gasteiger partial charge is 0.618 e. The number of pyridine rings is 1. The molecule has 3 heterocycles.